The van der Waals surface area contributed by atoms with E-state index >= 15 is 0 Å². The van der Waals surface area contributed by atoms with E-state index in [9.17, 15) is 4.39 Å². The average molecular weight is 279 g/mol. The predicted molar refractivity (Wildman–Crippen MR) is 77.1 cm³/mol. The molecule has 0 unspecified atom stereocenters. The summed E-state index contributed by atoms with van der Waals surface area (Å²) in [7, 11) is 0. The van der Waals surface area contributed by atoms with Gasteiger partial charge in [-0.05, 0) is 24.1 Å². The zero-order valence-electron chi connectivity index (χ0n) is 11.0. The summed E-state index contributed by atoms with van der Waals surface area (Å²) in [5.74, 6) is 0.572. The van der Waals surface area contributed by atoms with E-state index in [2.05, 4.69) is 21.6 Å². The molecule has 1 aromatic carbocycles. The lowest BCUT2D eigenvalue weighted by Crippen LogP contribution is -2.01. The zero-order chi connectivity index (χ0) is 13.5. The summed E-state index contributed by atoms with van der Waals surface area (Å²) >= 11 is 1.38. The van der Waals surface area contributed by atoms with E-state index in [0.717, 1.165) is 29.5 Å². The number of nitrogens with zero attached hydrogens (tertiary/aromatic N) is 2. The van der Waals surface area contributed by atoms with E-state index in [0.29, 0.717) is 6.42 Å². The summed E-state index contributed by atoms with van der Waals surface area (Å²) in [5, 5.41) is 4.15. The molecule has 1 aromatic heterocycles. The molecule has 0 bridgehead atoms. The van der Waals surface area contributed by atoms with Crippen LogP contribution < -0.4 is 5.32 Å². The van der Waals surface area contributed by atoms with Gasteiger partial charge in [0.1, 0.15) is 11.6 Å². The number of nitrogens with one attached hydrogen (secondary N) is 1. The Hall–Kier alpha value is -1.49. The molecule has 0 aliphatic rings. The summed E-state index contributed by atoms with van der Waals surface area (Å²) in [6.45, 7) is 3.13. The lowest BCUT2D eigenvalue weighted by atomic mass is 10.1. The molecule has 0 saturated heterocycles. The molecule has 2 rings (SSSR count). The first-order chi connectivity index (χ1) is 9.28. The highest BCUT2D eigenvalue weighted by molar-refractivity contribution is 7.09. The fourth-order valence-electron chi connectivity index (χ4n) is 1.75. The molecule has 19 heavy (non-hydrogen) atoms. The maximum atomic E-state index is 12.8. The maximum absolute atomic E-state index is 12.8. The van der Waals surface area contributed by atoms with E-state index in [4.69, 9.17) is 0 Å². The van der Waals surface area contributed by atoms with Crippen LogP contribution in [0.2, 0.25) is 0 Å². The number of halogens is 1. The van der Waals surface area contributed by atoms with Crippen molar-refractivity contribution in [1.29, 1.82) is 0 Å². The number of rotatable bonds is 7. The van der Waals surface area contributed by atoms with Crippen molar-refractivity contribution in [2.45, 2.75) is 32.6 Å². The molecule has 3 nitrogen and oxygen atoms in total. The molecule has 0 amide bonds. The van der Waals surface area contributed by atoms with Crippen LogP contribution in [-0.2, 0) is 6.42 Å². The van der Waals surface area contributed by atoms with Crippen molar-refractivity contribution in [3.05, 3.63) is 41.5 Å². The minimum absolute atomic E-state index is 0.215. The molecule has 0 spiro atoms. The monoisotopic (exact) mass is 279 g/mol. The van der Waals surface area contributed by atoms with Gasteiger partial charge in [-0.3, -0.25) is 0 Å². The molecular weight excluding hydrogens is 261 g/mol. The third-order valence-electron chi connectivity index (χ3n) is 2.80. The van der Waals surface area contributed by atoms with Gasteiger partial charge < -0.3 is 5.32 Å². The van der Waals surface area contributed by atoms with Gasteiger partial charge >= 0.3 is 0 Å². The minimum Gasteiger partial charge on any atom is -0.360 e. The second-order valence-corrected chi connectivity index (χ2v) is 5.20. The van der Waals surface area contributed by atoms with Crippen molar-refractivity contribution in [1.82, 2.24) is 9.36 Å². The number of hydrogen-bond acceptors (Lipinski definition) is 4. The highest BCUT2D eigenvalue weighted by Gasteiger charge is 2.04. The molecule has 0 fully saturated rings. The predicted octanol–water partition coefficient (Wildman–Crippen LogP) is 3.87. The standard InChI is InChI=1S/C14H18FN3S/c1-2-3-4-9-16-14-17-13(18-19-14)10-11-5-7-12(15)8-6-11/h5-8H,2-4,9-10H2,1H3,(H,16,17,18). The van der Waals surface area contributed by atoms with Gasteiger partial charge in [-0.1, -0.05) is 31.9 Å². The second kappa shape index (κ2) is 7.19. The molecule has 5 heteroatoms. The second-order valence-electron chi connectivity index (χ2n) is 4.45. The van der Waals surface area contributed by atoms with Gasteiger partial charge in [0.15, 0.2) is 0 Å². The Kier molecular flexibility index (Phi) is 5.27. The molecular formula is C14H18FN3S. The highest BCUT2D eigenvalue weighted by atomic mass is 32.1. The molecule has 0 aliphatic heterocycles. The van der Waals surface area contributed by atoms with Crippen LogP contribution in [-0.4, -0.2) is 15.9 Å². The number of unbranched alkanes of at least 4 members (excludes halogenated alkanes) is 2. The lowest BCUT2D eigenvalue weighted by molar-refractivity contribution is 0.627. The van der Waals surface area contributed by atoms with Crippen LogP contribution in [0.1, 0.15) is 37.6 Å². The molecule has 0 aliphatic carbocycles. The van der Waals surface area contributed by atoms with Crippen LogP contribution in [0, 0.1) is 5.82 Å². The smallest absolute Gasteiger partial charge is 0.202 e. The third-order valence-corrected chi connectivity index (χ3v) is 3.51. The zero-order valence-corrected chi connectivity index (χ0v) is 11.8. The molecule has 1 N–H and O–H groups in total. The molecule has 0 saturated carbocycles. The third kappa shape index (κ3) is 4.59. The van der Waals surface area contributed by atoms with Crippen molar-refractivity contribution in [3.8, 4) is 0 Å². The van der Waals surface area contributed by atoms with E-state index in [1.165, 1.54) is 36.5 Å². The Morgan fingerprint density at radius 3 is 2.74 bits per heavy atom. The van der Waals surface area contributed by atoms with Gasteiger partial charge in [-0.15, -0.1) is 0 Å². The number of hydrogen-bond donors (Lipinski definition) is 1. The topological polar surface area (TPSA) is 37.8 Å². The van der Waals surface area contributed by atoms with Crippen molar-refractivity contribution >= 4 is 16.7 Å². The molecule has 0 atom stereocenters. The largest absolute Gasteiger partial charge is 0.360 e. The molecule has 1 heterocycles. The summed E-state index contributed by atoms with van der Waals surface area (Å²) in [6, 6.07) is 6.46. The van der Waals surface area contributed by atoms with E-state index in [-0.39, 0.29) is 5.82 Å². The Morgan fingerprint density at radius 2 is 2.00 bits per heavy atom. The van der Waals surface area contributed by atoms with Crippen LogP contribution >= 0.6 is 11.5 Å². The van der Waals surface area contributed by atoms with Gasteiger partial charge in [0.05, 0.1) is 0 Å². The summed E-state index contributed by atoms with van der Waals surface area (Å²) in [5.41, 5.74) is 1.02. The number of aromatic nitrogens is 2. The van der Waals surface area contributed by atoms with Crippen molar-refractivity contribution in [2.24, 2.45) is 0 Å². The van der Waals surface area contributed by atoms with E-state index < -0.39 is 0 Å². The maximum Gasteiger partial charge on any atom is 0.202 e. The van der Waals surface area contributed by atoms with Gasteiger partial charge in [0.2, 0.25) is 5.13 Å². The molecule has 0 radical (unpaired) electrons. The fraction of sp³-hybridized carbons (Fsp3) is 0.429. The van der Waals surface area contributed by atoms with Gasteiger partial charge in [0.25, 0.3) is 0 Å². The van der Waals surface area contributed by atoms with Crippen molar-refractivity contribution in [2.75, 3.05) is 11.9 Å². The first kappa shape index (κ1) is 13.9. The van der Waals surface area contributed by atoms with E-state index in [1.54, 1.807) is 12.1 Å². The van der Waals surface area contributed by atoms with Crippen LogP contribution in [0.5, 0.6) is 0 Å². The summed E-state index contributed by atoms with van der Waals surface area (Å²) < 4.78 is 17.1. The van der Waals surface area contributed by atoms with Crippen LogP contribution in [0.4, 0.5) is 9.52 Å². The van der Waals surface area contributed by atoms with Crippen molar-refractivity contribution in [3.63, 3.8) is 0 Å². The minimum atomic E-state index is -0.215. The Balaban J connectivity index is 1.85. The Morgan fingerprint density at radius 1 is 1.21 bits per heavy atom. The SMILES string of the molecule is CCCCCNc1nc(Cc2ccc(F)cc2)ns1. The summed E-state index contributed by atoms with van der Waals surface area (Å²) in [6.07, 6.45) is 4.25. The Bertz CT molecular complexity index is 496. The first-order valence-corrected chi connectivity index (χ1v) is 7.36. The van der Waals surface area contributed by atoms with Gasteiger partial charge in [-0.2, -0.15) is 4.37 Å². The fourth-order valence-corrected chi connectivity index (χ4v) is 2.36. The average Bonchev–Trinajstić information content (AvgIpc) is 2.85. The van der Waals surface area contributed by atoms with Gasteiger partial charge in [0, 0.05) is 24.5 Å². The lowest BCUT2D eigenvalue weighted by Gasteiger charge is -2.00. The number of benzene rings is 1. The van der Waals surface area contributed by atoms with Crippen LogP contribution in [0.25, 0.3) is 0 Å². The number of anilines is 1. The highest BCUT2D eigenvalue weighted by Crippen LogP contribution is 2.14. The van der Waals surface area contributed by atoms with E-state index in [1.807, 2.05) is 0 Å². The van der Waals surface area contributed by atoms with Crippen molar-refractivity contribution < 1.29 is 4.39 Å². The summed E-state index contributed by atoms with van der Waals surface area (Å²) in [4.78, 5) is 4.43. The molecule has 102 valence electrons. The van der Waals surface area contributed by atoms with Crippen LogP contribution in [0.15, 0.2) is 24.3 Å². The normalized spacial score (nSPS) is 10.6. The molecule has 2 aromatic rings. The quantitative estimate of drug-likeness (QED) is 0.782. The van der Waals surface area contributed by atoms with Crippen LogP contribution in [0.3, 0.4) is 0 Å². The Labute approximate surface area is 117 Å². The first-order valence-electron chi connectivity index (χ1n) is 6.59. The van der Waals surface area contributed by atoms with Gasteiger partial charge in [-0.25, -0.2) is 9.37 Å².